The van der Waals surface area contributed by atoms with Crippen LogP contribution in [0, 0.1) is 0 Å². The van der Waals surface area contributed by atoms with Crippen molar-refractivity contribution in [1.29, 1.82) is 0 Å². The maximum Gasteiger partial charge on any atom is 0.0801 e. The van der Waals surface area contributed by atoms with Crippen LogP contribution in [-0.4, -0.2) is 31.8 Å². The van der Waals surface area contributed by atoms with Crippen molar-refractivity contribution in [3.8, 4) is 0 Å². The third kappa shape index (κ3) is 3.74. The van der Waals surface area contributed by atoms with Crippen molar-refractivity contribution in [2.45, 2.75) is 39.3 Å². The van der Waals surface area contributed by atoms with E-state index in [1.807, 2.05) is 0 Å². The average Bonchev–Trinajstić information content (AvgIpc) is 2.37. The maximum absolute atomic E-state index is 5.83. The number of rotatable bonds is 4. The molecule has 1 aromatic rings. The average molecular weight is 341 g/mol. The number of hydrogen-bond donors (Lipinski definition) is 1. The zero-order valence-corrected chi connectivity index (χ0v) is 14.5. The fourth-order valence-electron chi connectivity index (χ4n) is 2.80. The molecule has 4 heteroatoms. The zero-order chi connectivity index (χ0) is 14.8. The van der Waals surface area contributed by atoms with Crippen molar-refractivity contribution in [2.24, 2.45) is 0 Å². The minimum absolute atomic E-state index is 0.0841. The standard InChI is InChI=1S/C16H25BrN2O/c1-5-18-12(2)14-7-6-13(17)10-15(14)19-8-9-20-16(3,4)11-19/h6-7,10,12,18H,5,8-9,11H2,1-4H3. The highest BCUT2D eigenvalue weighted by Crippen LogP contribution is 2.32. The molecule has 0 radical (unpaired) electrons. The van der Waals surface area contributed by atoms with Gasteiger partial charge in [0.25, 0.3) is 0 Å². The first-order chi connectivity index (χ1) is 9.43. The number of nitrogens with zero attached hydrogens (tertiary/aromatic N) is 1. The molecule has 0 aliphatic carbocycles. The summed E-state index contributed by atoms with van der Waals surface area (Å²) in [5.74, 6) is 0. The first-order valence-corrected chi connectivity index (χ1v) is 8.14. The van der Waals surface area contributed by atoms with Gasteiger partial charge in [-0.2, -0.15) is 0 Å². The van der Waals surface area contributed by atoms with E-state index in [4.69, 9.17) is 4.74 Å². The molecule has 1 fully saturated rings. The normalized spacial score (nSPS) is 19.9. The first-order valence-electron chi connectivity index (χ1n) is 7.34. The Labute approximate surface area is 130 Å². The molecule has 1 atom stereocenters. The van der Waals surface area contributed by atoms with E-state index >= 15 is 0 Å². The predicted molar refractivity (Wildman–Crippen MR) is 88.5 cm³/mol. The van der Waals surface area contributed by atoms with Crippen LogP contribution in [0.15, 0.2) is 22.7 Å². The molecule has 1 heterocycles. The van der Waals surface area contributed by atoms with E-state index in [0.717, 1.165) is 30.7 Å². The minimum atomic E-state index is -0.0841. The van der Waals surface area contributed by atoms with Crippen LogP contribution in [0.3, 0.4) is 0 Å². The fourth-order valence-corrected chi connectivity index (χ4v) is 3.14. The van der Waals surface area contributed by atoms with Gasteiger partial charge in [-0.15, -0.1) is 0 Å². The Morgan fingerprint density at radius 1 is 1.45 bits per heavy atom. The van der Waals surface area contributed by atoms with Gasteiger partial charge in [-0.25, -0.2) is 0 Å². The first kappa shape index (κ1) is 15.8. The Bertz CT molecular complexity index is 462. The van der Waals surface area contributed by atoms with Crippen LogP contribution in [0.25, 0.3) is 0 Å². The molecular weight excluding hydrogens is 316 g/mol. The number of anilines is 1. The van der Waals surface area contributed by atoms with Crippen molar-refractivity contribution >= 4 is 21.6 Å². The van der Waals surface area contributed by atoms with Crippen molar-refractivity contribution in [3.05, 3.63) is 28.2 Å². The van der Waals surface area contributed by atoms with Gasteiger partial charge < -0.3 is 15.0 Å². The molecule has 112 valence electrons. The molecular formula is C16H25BrN2O. The van der Waals surface area contributed by atoms with Crippen LogP contribution >= 0.6 is 15.9 Å². The quantitative estimate of drug-likeness (QED) is 0.903. The molecule has 1 unspecified atom stereocenters. The maximum atomic E-state index is 5.83. The van der Waals surface area contributed by atoms with E-state index in [-0.39, 0.29) is 5.60 Å². The summed E-state index contributed by atoms with van der Waals surface area (Å²) in [7, 11) is 0. The second-order valence-corrected chi connectivity index (χ2v) is 6.93. The Hall–Kier alpha value is -0.580. The minimum Gasteiger partial charge on any atom is -0.372 e. The van der Waals surface area contributed by atoms with Gasteiger partial charge in [0, 0.05) is 29.3 Å². The van der Waals surface area contributed by atoms with Crippen LogP contribution in [0.1, 0.15) is 39.3 Å². The summed E-state index contributed by atoms with van der Waals surface area (Å²) < 4.78 is 6.96. The lowest BCUT2D eigenvalue weighted by Crippen LogP contribution is -2.48. The second kappa shape index (κ2) is 6.46. The highest BCUT2D eigenvalue weighted by Gasteiger charge is 2.29. The molecule has 2 rings (SSSR count). The van der Waals surface area contributed by atoms with Crippen LogP contribution in [0.4, 0.5) is 5.69 Å². The molecule has 1 aromatic carbocycles. The molecule has 1 N–H and O–H groups in total. The van der Waals surface area contributed by atoms with Crippen molar-refractivity contribution < 1.29 is 4.74 Å². The molecule has 0 bridgehead atoms. The van der Waals surface area contributed by atoms with Gasteiger partial charge in [-0.05, 0) is 45.0 Å². The van der Waals surface area contributed by atoms with Crippen LogP contribution in [0.5, 0.6) is 0 Å². The van der Waals surface area contributed by atoms with Gasteiger partial charge in [-0.1, -0.05) is 28.9 Å². The molecule has 0 aromatic heterocycles. The van der Waals surface area contributed by atoms with E-state index in [9.17, 15) is 0 Å². The van der Waals surface area contributed by atoms with E-state index in [1.165, 1.54) is 11.3 Å². The Morgan fingerprint density at radius 3 is 2.85 bits per heavy atom. The molecule has 0 amide bonds. The summed E-state index contributed by atoms with van der Waals surface area (Å²) in [6.07, 6.45) is 0. The van der Waals surface area contributed by atoms with E-state index in [0.29, 0.717) is 6.04 Å². The van der Waals surface area contributed by atoms with Gasteiger partial charge in [0.2, 0.25) is 0 Å². The van der Waals surface area contributed by atoms with E-state index in [2.05, 4.69) is 72.0 Å². The number of benzene rings is 1. The van der Waals surface area contributed by atoms with Crippen LogP contribution in [-0.2, 0) is 4.74 Å². The number of morpholine rings is 1. The largest absolute Gasteiger partial charge is 0.372 e. The smallest absolute Gasteiger partial charge is 0.0801 e. The molecule has 0 saturated carbocycles. The number of nitrogens with one attached hydrogen (secondary N) is 1. The second-order valence-electron chi connectivity index (χ2n) is 6.01. The molecule has 1 saturated heterocycles. The topological polar surface area (TPSA) is 24.5 Å². The lowest BCUT2D eigenvalue weighted by Gasteiger charge is -2.40. The lowest BCUT2D eigenvalue weighted by molar-refractivity contribution is -0.0277. The molecule has 1 aliphatic rings. The SMILES string of the molecule is CCNC(C)c1ccc(Br)cc1N1CCOC(C)(C)C1. The molecule has 20 heavy (non-hydrogen) atoms. The summed E-state index contributed by atoms with van der Waals surface area (Å²) in [5.41, 5.74) is 2.58. The van der Waals surface area contributed by atoms with Crippen molar-refractivity contribution in [1.82, 2.24) is 5.32 Å². The van der Waals surface area contributed by atoms with Gasteiger partial charge >= 0.3 is 0 Å². The molecule has 1 aliphatic heterocycles. The van der Waals surface area contributed by atoms with Gasteiger partial charge in [-0.3, -0.25) is 0 Å². The van der Waals surface area contributed by atoms with Crippen molar-refractivity contribution in [2.75, 3.05) is 31.1 Å². The zero-order valence-electron chi connectivity index (χ0n) is 12.9. The van der Waals surface area contributed by atoms with Gasteiger partial charge in [0.1, 0.15) is 0 Å². The summed E-state index contributed by atoms with van der Waals surface area (Å²) >= 11 is 3.60. The van der Waals surface area contributed by atoms with Gasteiger partial charge in [0.15, 0.2) is 0 Å². The molecule has 3 nitrogen and oxygen atoms in total. The van der Waals surface area contributed by atoms with Crippen LogP contribution in [0.2, 0.25) is 0 Å². The third-order valence-electron chi connectivity index (χ3n) is 3.74. The summed E-state index contributed by atoms with van der Waals surface area (Å²) in [5, 5.41) is 3.51. The fraction of sp³-hybridized carbons (Fsp3) is 0.625. The van der Waals surface area contributed by atoms with Crippen molar-refractivity contribution in [3.63, 3.8) is 0 Å². The Balaban J connectivity index is 2.31. The Morgan fingerprint density at radius 2 is 2.20 bits per heavy atom. The van der Waals surface area contributed by atoms with Crippen LogP contribution < -0.4 is 10.2 Å². The lowest BCUT2D eigenvalue weighted by atomic mass is 10.0. The number of halogens is 1. The van der Waals surface area contributed by atoms with E-state index < -0.39 is 0 Å². The summed E-state index contributed by atoms with van der Waals surface area (Å²) in [6.45, 7) is 12.3. The Kier molecular flexibility index (Phi) is 5.10. The monoisotopic (exact) mass is 340 g/mol. The molecule has 0 spiro atoms. The number of hydrogen-bond acceptors (Lipinski definition) is 3. The highest BCUT2D eigenvalue weighted by atomic mass is 79.9. The summed E-state index contributed by atoms with van der Waals surface area (Å²) in [6, 6.07) is 6.92. The number of ether oxygens (including phenoxy) is 1. The van der Waals surface area contributed by atoms with E-state index in [1.54, 1.807) is 0 Å². The van der Waals surface area contributed by atoms with Gasteiger partial charge in [0.05, 0.1) is 12.2 Å². The predicted octanol–water partition coefficient (Wildman–Crippen LogP) is 3.73. The summed E-state index contributed by atoms with van der Waals surface area (Å²) in [4.78, 5) is 2.44. The highest BCUT2D eigenvalue weighted by molar-refractivity contribution is 9.10. The third-order valence-corrected chi connectivity index (χ3v) is 4.23.